The Morgan fingerprint density at radius 2 is 1.47 bits per heavy atom. The minimum absolute atomic E-state index is 0.0164. The van der Waals surface area contributed by atoms with Crippen LogP contribution in [0.2, 0.25) is 0 Å². The Kier molecular flexibility index (Phi) is 7.22. The Hall–Kier alpha value is -3.55. The molecule has 0 radical (unpaired) electrons. The quantitative estimate of drug-likeness (QED) is 0.545. The second-order valence-electron chi connectivity index (χ2n) is 8.04. The molecule has 1 aliphatic rings. The summed E-state index contributed by atoms with van der Waals surface area (Å²) in [5.74, 6) is 0.145. The van der Waals surface area contributed by atoms with E-state index in [0.29, 0.717) is 39.0 Å². The van der Waals surface area contributed by atoms with Crippen LogP contribution in [0.4, 0.5) is 0 Å². The third-order valence-corrected chi connectivity index (χ3v) is 5.88. The van der Waals surface area contributed by atoms with Crippen molar-refractivity contribution >= 4 is 11.8 Å². The van der Waals surface area contributed by atoms with E-state index in [2.05, 4.69) is 27.7 Å². The van der Waals surface area contributed by atoms with Crippen molar-refractivity contribution in [2.24, 2.45) is 0 Å². The summed E-state index contributed by atoms with van der Waals surface area (Å²) >= 11 is 0. The predicted octanol–water partition coefficient (Wildman–Crippen LogP) is 2.15. The summed E-state index contributed by atoms with van der Waals surface area (Å²) in [7, 11) is 0. The number of nitrogens with zero attached hydrogens (tertiary/aromatic N) is 6. The van der Waals surface area contributed by atoms with Gasteiger partial charge in [0, 0.05) is 39.0 Å². The summed E-state index contributed by atoms with van der Waals surface area (Å²) in [6, 6.07) is 19.6. The largest absolute Gasteiger partial charge is 0.339 e. The summed E-state index contributed by atoms with van der Waals surface area (Å²) < 4.78 is 1.52. The fraction of sp³-hybridized carbons (Fsp3) is 0.375. The lowest BCUT2D eigenvalue weighted by Crippen LogP contribution is -2.52. The molecule has 1 atom stereocenters. The van der Waals surface area contributed by atoms with E-state index in [4.69, 9.17) is 0 Å². The van der Waals surface area contributed by atoms with Crippen molar-refractivity contribution in [3.8, 4) is 0 Å². The molecule has 1 aromatic heterocycles. The average Bonchev–Trinajstić information content (AvgIpc) is 3.38. The molecule has 8 heteroatoms. The fourth-order valence-electron chi connectivity index (χ4n) is 4.08. The molecule has 8 nitrogen and oxygen atoms in total. The van der Waals surface area contributed by atoms with Crippen molar-refractivity contribution in [2.45, 2.75) is 31.7 Å². The van der Waals surface area contributed by atoms with Crippen LogP contribution in [-0.4, -0.2) is 68.0 Å². The smallest absolute Gasteiger partial charge is 0.248 e. The van der Waals surface area contributed by atoms with Gasteiger partial charge < -0.3 is 9.80 Å². The molecule has 1 aliphatic heterocycles. The zero-order valence-corrected chi connectivity index (χ0v) is 18.1. The van der Waals surface area contributed by atoms with E-state index in [1.54, 1.807) is 0 Å². The molecule has 0 bridgehead atoms. The van der Waals surface area contributed by atoms with Crippen LogP contribution in [0.5, 0.6) is 0 Å². The standard InChI is InChI=1S/C24H28N6O2/c31-23(13-7-12-20-8-3-1-4-9-20)28-14-16-29(17-15-28)24(32)22(30-19-25-26-27-30)18-21-10-5-2-6-11-21/h1-6,8-11,19,22H,7,12-18H2. The molecule has 0 aliphatic carbocycles. The van der Waals surface area contributed by atoms with Crippen LogP contribution < -0.4 is 0 Å². The maximum atomic E-state index is 13.3. The molecule has 2 aromatic carbocycles. The monoisotopic (exact) mass is 432 g/mol. The molecule has 3 aromatic rings. The zero-order chi connectivity index (χ0) is 22.2. The van der Waals surface area contributed by atoms with E-state index in [1.165, 1.54) is 16.6 Å². The van der Waals surface area contributed by atoms with Gasteiger partial charge in [-0.25, -0.2) is 4.68 Å². The summed E-state index contributed by atoms with van der Waals surface area (Å²) in [4.78, 5) is 29.6. The maximum Gasteiger partial charge on any atom is 0.248 e. The number of aryl methyl sites for hydroxylation is 1. The molecule has 166 valence electrons. The van der Waals surface area contributed by atoms with E-state index in [-0.39, 0.29) is 11.8 Å². The highest BCUT2D eigenvalue weighted by Crippen LogP contribution is 2.18. The number of carbonyl (C=O) groups excluding carboxylic acids is 2. The highest BCUT2D eigenvalue weighted by Gasteiger charge is 2.30. The number of hydrogen-bond acceptors (Lipinski definition) is 5. The van der Waals surface area contributed by atoms with Gasteiger partial charge in [-0.2, -0.15) is 0 Å². The Morgan fingerprint density at radius 3 is 2.09 bits per heavy atom. The number of aromatic nitrogens is 4. The number of hydrogen-bond donors (Lipinski definition) is 0. The minimum atomic E-state index is -0.500. The Balaban J connectivity index is 1.30. The number of rotatable bonds is 8. The number of tetrazole rings is 1. The van der Waals surface area contributed by atoms with Crippen LogP contribution in [0.1, 0.15) is 30.0 Å². The molecule has 1 saturated heterocycles. The van der Waals surface area contributed by atoms with Gasteiger partial charge >= 0.3 is 0 Å². The van der Waals surface area contributed by atoms with Crippen molar-refractivity contribution in [1.82, 2.24) is 30.0 Å². The van der Waals surface area contributed by atoms with Crippen molar-refractivity contribution in [3.63, 3.8) is 0 Å². The minimum Gasteiger partial charge on any atom is -0.339 e. The highest BCUT2D eigenvalue weighted by molar-refractivity contribution is 5.81. The highest BCUT2D eigenvalue weighted by atomic mass is 16.2. The lowest BCUT2D eigenvalue weighted by molar-refractivity contribution is -0.142. The summed E-state index contributed by atoms with van der Waals surface area (Å²) in [6.45, 7) is 2.17. The summed E-state index contributed by atoms with van der Waals surface area (Å²) in [5.41, 5.74) is 2.30. The average molecular weight is 433 g/mol. The van der Waals surface area contributed by atoms with Crippen LogP contribution in [0.15, 0.2) is 67.0 Å². The Morgan fingerprint density at radius 1 is 0.844 bits per heavy atom. The first-order valence-corrected chi connectivity index (χ1v) is 11.1. The normalized spacial score (nSPS) is 14.9. The van der Waals surface area contributed by atoms with Gasteiger partial charge in [0.05, 0.1) is 0 Å². The van der Waals surface area contributed by atoms with Crippen LogP contribution in [0, 0.1) is 0 Å². The van der Waals surface area contributed by atoms with Crippen LogP contribution in [-0.2, 0) is 22.4 Å². The van der Waals surface area contributed by atoms with E-state index >= 15 is 0 Å². The lowest BCUT2D eigenvalue weighted by Gasteiger charge is -2.36. The van der Waals surface area contributed by atoms with Gasteiger partial charge in [-0.3, -0.25) is 9.59 Å². The first-order valence-electron chi connectivity index (χ1n) is 11.1. The molecule has 32 heavy (non-hydrogen) atoms. The molecule has 4 rings (SSSR count). The van der Waals surface area contributed by atoms with Crippen molar-refractivity contribution in [2.75, 3.05) is 26.2 Å². The number of carbonyl (C=O) groups is 2. The molecule has 1 unspecified atom stereocenters. The van der Waals surface area contributed by atoms with Gasteiger partial charge in [0.15, 0.2) is 0 Å². The van der Waals surface area contributed by atoms with Gasteiger partial charge in [-0.05, 0) is 34.4 Å². The first-order chi connectivity index (χ1) is 15.7. The second-order valence-corrected chi connectivity index (χ2v) is 8.04. The molecule has 0 N–H and O–H groups in total. The second kappa shape index (κ2) is 10.7. The first kappa shape index (κ1) is 21.7. The van der Waals surface area contributed by atoms with E-state index in [0.717, 1.165) is 18.4 Å². The number of benzene rings is 2. The summed E-state index contributed by atoms with van der Waals surface area (Å²) in [6.07, 6.45) is 4.27. The van der Waals surface area contributed by atoms with Crippen molar-refractivity contribution < 1.29 is 9.59 Å². The van der Waals surface area contributed by atoms with E-state index in [1.807, 2.05) is 58.3 Å². The Labute approximate surface area is 187 Å². The molecule has 2 amide bonds. The molecule has 2 heterocycles. The zero-order valence-electron chi connectivity index (χ0n) is 18.1. The number of amides is 2. The third kappa shape index (κ3) is 5.57. The van der Waals surface area contributed by atoms with Crippen molar-refractivity contribution in [3.05, 3.63) is 78.1 Å². The van der Waals surface area contributed by atoms with Gasteiger partial charge in [0.1, 0.15) is 12.4 Å². The fourth-order valence-corrected chi connectivity index (χ4v) is 4.08. The SMILES string of the molecule is O=C(CCCc1ccccc1)N1CCN(C(=O)C(Cc2ccccc2)n2cnnn2)CC1. The predicted molar refractivity (Wildman–Crippen MR) is 120 cm³/mol. The van der Waals surface area contributed by atoms with Crippen LogP contribution in [0.3, 0.4) is 0 Å². The van der Waals surface area contributed by atoms with Gasteiger partial charge in [0.25, 0.3) is 0 Å². The van der Waals surface area contributed by atoms with Gasteiger partial charge in [-0.15, -0.1) is 5.10 Å². The molecule has 1 fully saturated rings. The molecular formula is C24H28N6O2. The topological polar surface area (TPSA) is 84.2 Å². The van der Waals surface area contributed by atoms with E-state index < -0.39 is 6.04 Å². The molecule has 0 saturated carbocycles. The van der Waals surface area contributed by atoms with E-state index in [9.17, 15) is 9.59 Å². The molecular weight excluding hydrogens is 404 g/mol. The lowest BCUT2D eigenvalue weighted by atomic mass is 10.0. The van der Waals surface area contributed by atoms with Gasteiger partial charge in [-0.1, -0.05) is 60.7 Å². The number of piperazine rings is 1. The Bertz CT molecular complexity index is 986. The van der Waals surface area contributed by atoms with Gasteiger partial charge in [0.2, 0.25) is 11.8 Å². The maximum absolute atomic E-state index is 13.3. The molecule has 0 spiro atoms. The van der Waals surface area contributed by atoms with Crippen LogP contribution in [0.25, 0.3) is 0 Å². The third-order valence-electron chi connectivity index (χ3n) is 5.88. The summed E-state index contributed by atoms with van der Waals surface area (Å²) in [5, 5.41) is 11.4. The van der Waals surface area contributed by atoms with Crippen LogP contribution >= 0.6 is 0 Å². The van der Waals surface area contributed by atoms with Crippen molar-refractivity contribution in [1.29, 1.82) is 0 Å².